The molecule has 1 aromatic rings. The molecule has 1 rings (SSSR count). The molecule has 5 heteroatoms. The molecule has 1 atom stereocenters. The van der Waals surface area contributed by atoms with Gasteiger partial charge in [-0.1, -0.05) is 6.92 Å². The minimum Gasteiger partial charge on any atom is -0.327 e. The van der Waals surface area contributed by atoms with Gasteiger partial charge in [0.05, 0.1) is 5.69 Å². The molecule has 88 valence electrons. The van der Waals surface area contributed by atoms with Gasteiger partial charge in [-0.25, -0.2) is 8.78 Å². The Kier molecular flexibility index (Phi) is 4.37. The molecule has 0 saturated heterocycles. The predicted molar refractivity (Wildman–Crippen MR) is 57.9 cm³/mol. The quantitative estimate of drug-likeness (QED) is 0.828. The van der Waals surface area contributed by atoms with E-state index in [4.69, 9.17) is 5.73 Å². The largest absolute Gasteiger partial charge is 0.327 e. The lowest BCUT2D eigenvalue weighted by atomic mass is 10.1. The maximum absolute atomic E-state index is 13.1. The van der Waals surface area contributed by atoms with Gasteiger partial charge in [0.2, 0.25) is 5.91 Å². The summed E-state index contributed by atoms with van der Waals surface area (Å²) >= 11 is 0. The summed E-state index contributed by atoms with van der Waals surface area (Å²) in [6, 6.07) is 2.62. The first-order chi connectivity index (χ1) is 7.52. The fourth-order valence-electron chi connectivity index (χ4n) is 1.18. The third-order valence-electron chi connectivity index (χ3n) is 2.17. The van der Waals surface area contributed by atoms with Gasteiger partial charge in [-0.3, -0.25) is 4.79 Å². The average Bonchev–Trinajstić information content (AvgIpc) is 2.23. The summed E-state index contributed by atoms with van der Waals surface area (Å²) in [4.78, 5) is 11.4. The van der Waals surface area contributed by atoms with Crippen LogP contribution in [-0.2, 0) is 4.79 Å². The van der Waals surface area contributed by atoms with Crippen LogP contribution in [-0.4, -0.2) is 11.9 Å². The Labute approximate surface area is 92.6 Å². The second kappa shape index (κ2) is 5.55. The molecule has 3 N–H and O–H groups in total. The smallest absolute Gasteiger partial charge is 0.226 e. The highest BCUT2D eigenvalue weighted by molar-refractivity contribution is 5.91. The molecule has 0 aromatic heterocycles. The van der Waals surface area contributed by atoms with Crippen LogP contribution in [0.2, 0.25) is 0 Å². The number of halogens is 2. The van der Waals surface area contributed by atoms with E-state index in [9.17, 15) is 13.6 Å². The molecule has 0 aliphatic carbocycles. The van der Waals surface area contributed by atoms with E-state index < -0.39 is 17.5 Å². The SMILES string of the molecule is CCC(N)CC(=O)Nc1cc(F)ccc1F. The summed E-state index contributed by atoms with van der Waals surface area (Å²) in [7, 11) is 0. The Morgan fingerprint density at radius 2 is 2.19 bits per heavy atom. The van der Waals surface area contributed by atoms with Gasteiger partial charge in [0.15, 0.2) is 0 Å². The molecule has 0 heterocycles. The van der Waals surface area contributed by atoms with Crippen LogP contribution in [0.15, 0.2) is 18.2 Å². The van der Waals surface area contributed by atoms with E-state index in [0.717, 1.165) is 18.2 Å². The highest BCUT2D eigenvalue weighted by Gasteiger charge is 2.10. The van der Waals surface area contributed by atoms with Crippen LogP contribution >= 0.6 is 0 Å². The molecule has 0 aliphatic rings. The number of rotatable bonds is 4. The Balaban J connectivity index is 2.65. The van der Waals surface area contributed by atoms with Gasteiger partial charge in [-0.15, -0.1) is 0 Å². The van der Waals surface area contributed by atoms with Crippen molar-refractivity contribution in [3.63, 3.8) is 0 Å². The van der Waals surface area contributed by atoms with Crippen molar-refractivity contribution in [2.24, 2.45) is 5.73 Å². The van der Waals surface area contributed by atoms with Crippen LogP contribution in [0.4, 0.5) is 14.5 Å². The van der Waals surface area contributed by atoms with Crippen molar-refractivity contribution in [1.29, 1.82) is 0 Å². The van der Waals surface area contributed by atoms with Crippen molar-refractivity contribution in [3.8, 4) is 0 Å². The number of hydrogen-bond donors (Lipinski definition) is 2. The van der Waals surface area contributed by atoms with Crippen molar-refractivity contribution in [1.82, 2.24) is 0 Å². The molecule has 0 aliphatic heterocycles. The molecule has 1 unspecified atom stereocenters. The molecule has 0 saturated carbocycles. The minimum absolute atomic E-state index is 0.0897. The van der Waals surface area contributed by atoms with Crippen molar-refractivity contribution in [2.45, 2.75) is 25.8 Å². The molecular formula is C11H14F2N2O. The van der Waals surface area contributed by atoms with Gasteiger partial charge < -0.3 is 11.1 Å². The Morgan fingerprint density at radius 1 is 1.50 bits per heavy atom. The number of hydrogen-bond acceptors (Lipinski definition) is 2. The zero-order valence-electron chi connectivity index (χ0n) is 8.97. The van der Waals surface area contributed by atoms with Crippen molar-refractivity contribution >= 4 is 11.6 Å². The van der Waals surface area contributed by atoms with Crippen LogP contribution in [0.25, 0.3) is 0 Å². The lowest BCUT2D eigenvalue weighted by Gasteiger charge is -2.09. The minimum atomic E-state index is -0.667. The van der Waals surface area contributed by atoms with E-state index in [-0.39, 0.29) is 18.2 Å². The van der Waals surface area contributed by atoms with E-state index in [1.165, 1.54) is 0 Å². The van der Waals surface area contributed by atoms with Crippen LogP contribution in [0.3, 0.4) is 0 Å². The fourth-order valence-corrected chi connectivity index (χ4v) is 1.18. The second-order valence-electron chi connectivity index (χ2n) is 3.54. The lowest BCUT2D eigenvalue weighted by Crippen LogP contribution is -2.26. The molecule has 0 bridgehead atoms. The standard InChI is InChI=1S/C11H14F2N2O/c1-2-8(14)6-11(16)15-10-5-7(12)3-4-9(10)13/h3-5,8H,2,6,14H2,1H3,(H,15,16). The van der Waals surface area contributed by atoms with E-state index in [1.54, 1.807) is 0 Å². The zero-order chi connectivity index (χ0) is 12.1. The number of nitrogens with one attached hydrogen (secondary N) is 1. The molecular weight excluding hydrogens is 214 g/mol. The van der Waals surface area contributed by atoms with Crippen molar-refractivity contribution in [2.75, 3.05) is 5.32 Å². The van der Waals surface area contributed by atoms with E-state index >= 15 is 0 Å². The fraction of sp³-hybridized carbons (Fsp3) is 0.364. The lowest BCUT2D eigenvalue weighted by molar-refractivity contribution is -0.116. The Morgan fingerprint density at radius 3 is 2.81 bits per heavy atom. The van der Waals surface area contributed by atoms with Crippen LogP contribution in [0, 0.1) is 11.6 Å². The predicted octanol–water partition coefficient (Wildman–Crippen LogP) is 2.03. The van der Waals surface area contributed by atoms with Gasteiger partial charge in [0.25, 0.3) is 0 Å². The van der Waals surface area contributed by atoms with Gasteiger partial charge in [0.1, 0.15) is 11.6 Å². The molecule has 1 amide bonds. The molecule has 0 spiro atoms. The number of carbonyl (C=O) groups is 1. The first-order valence-electron chi connectivity index (χ1n) is 5.03. The van der Waals surface area contributed by atoms with Gasteiger partial charge in [-0.05, 0) is 18.6 Å². The third-order valence-corrected chi connectivity index (χ3v) is 2.17. The monoisotopic (exact) mass is 228 g/mol. The maximum atomic E-state index is 13.1. The third kappa shape index (κ3) is 3.58. The molecule has 0 fully saturated rings. The second-order valence-corrected chi connectivity index (χ2v) is 3.54. The summed E-state index contributed by atoms with van der Waals surface area (Å²) in [5.41, 5.74) is 5.41. The molecule has 16 heavy (non-hydrogen) atoms. The van der Waals surface area contributed by atoms with Gasteiger partial charge in [0, 0.05) is 18.5 Å². The van der Waals surface area contributed by atoms with E-state index in [0.29, 0.717) is 6.42 Å². The number of amides is 1. The number of benzene rings is 1. The summed E-state index contributed by atoms with van der Waals surface area (Å²) in [5, 5.41) is 2.28. The Hall–Kier alpha value is -1.49. The molecule has 1 aromatic carbocycles. The summed E-state index contributed by atoms with van der Waals surface area (Å²) in [6.07, 6.45) is 0.742. The number of nitrogens with two attached hydrogens (primary N) is 1. The summed E-state index contributed by atoms with van der Waals surface area (Å²) in [5.74, 6) is -1.69. The molecule has 0 radical (unpaired) electrons. The first-order valence-corrected chi connectivity index (χ1v) is 5.03. The zero-order valence-corrected chi connectivity index (χ0v) is 8.97. The normalized spacial score (nSPS) is 12.2. The topological polar surface area (TPSA) is 55.1 Å². The summed E-state index contributed by atoms with van der Waals surface area (Å²) in [6.45, 7) is 1.85. The average molecular weight is 228 g/mol. The van der Waals surface area contributed by atoms with E-state index in [2.05, 4.69) is 5.32 Å². The van der Waals surface area contributed by atoms with Crippen molar-refractivity contribution < 1.29 is 13.6 Å². The van der Waals surface area contributed by atoms with Crippen LogP contribution in [0.5, 0.6) is 0 Å². The summed E-state index contributed by atoms with van der Waals surface area (Å²) < 4.78 is 25.9. The highest BCUT2D eigenvalue weighted by atomic mass is 19.1. The maximum Gasteiger partial charge on any atom is 0.226 e. The van der Waals surface area contributed by atoms with Crippen LogP contribution < -0.4 is 11.1 Å². The van der Waals surface area contributed by atoms with Crippen LogP contribution in [0.1, 0.15) is 19.8 Å². The number of carbonyl (C=O) groups excluding carboxylic acids is 1. The van der Waals surface area contributed by atoms with Gasteiger partial charge >= 0.3 is 0 Å². The van der Waals surface area contributed by atoms with E-state index in [1.807, 2.05) is 6.92 Å². The molecule has 3 nitrogen and oxygen atoms in total. The van der Waals surface area contributed by atoms with Crippen molar-refractivity contribution in [3.05, 3.63) is 29.8 Å². The highest BCUT2D eigenvalue weighted by Crippen LogP contribution is 2.15. The van der Waals surface area contributed by atoms with Gasteiger partial charge in [-0.2, -0.15) is 0 Å². The number of anilines is 1. The Bertz CT molecular complexity index is 382. The first kappa shape index (κ1) is 12.6.